The van der Waals surface area contributed by atoms with Gasteiger partial charge >= 0.3 is 5.82 Å². The number of hydrogen-bond acceptors (Lipinski definition) is 7. The Hall–Kier alpha value is -2.26. The van der Waals surface area contributed by atoms with Crippen LogP contribution in [0.25, 0.3) is 0 Å². The first kappa shape index (κ1) is 14.8. The standard InChI is InChI=1S/C10H14N4O5/c1-6-3-4-7(9(12-6)14(16)17)19-8(5-18-2)10(15)13-11/h3-4,8H,5,11H2,1-2H3,(H,13,15). The van der Waals surface area contributed by atoms with E-state index in [0.29, 0.717) is 5.69 Å². The van der Waals surface area contributed by atoms with Gasteiger partial charge in [-0.2, -0.15) is 0 Å². The fourth-order valence-electron chi connectivity index (χ4n) is 1.31. The molecular weight excluding hydrogens is 256 g/mol. The number of carbonyl (C=O) groups excluding carboxylic acids is 1. The first-order valence-corrected chi connectivity index (χ1v) is 5.27. The highest BCUT2D eigenvalue weighted by Gasteiger charge is 2.25. The third-order valence-corrected chi connectivity index (χ3v) is 2.17. The molecule has 1 atom stereocenters. The van der Waals surface area contributed by atoms with Gasteiger partial charge in [-0.3, -0.25) is 10.2 Å². The number of aryl methyl sites for hydroxylation is 1. The molecule has 19 heavy (non-hydrogen) atoms. The molecule has 1 aromatic rings. The predicted molar refractivity (Wildman–Crippen MR) is 64.3 cm³/mol. The fraction of sp³-hybridized carbons (Fsp3) is 0.400. The van der Waals surface area contributed by atoms with Gasteiger partial charge in [-0.05, 0) is 22.0 Å². The van der Waals surface area contributed by atoms with Crippen molar-refractivity contribution < 1.29 is 19.2 Å². The number of methoxy groups -OCH3 is 1. The van der Waals surface area contributed by atoms with E-state index in [0.717, 1.165) is 0 Å². The van der Waals surface area contributed by atoms with Crippen molar-refractivity contribution in [3.05, 3.63) is 27.9 Å². The lowest BCUT2D eigenvalue weighted by atomic mass is 10.3. The van der Waals surface area contributed by atoms with Crippen LogP contribution in [0.15, 0.2) is 12.1 Å². The molecule has 0 saturated heterocycles. The summed E-state index contributed by atoms with van der Waals surface area (Å²) in [6, 6.07) is 2.90. The number of aromatic nitrogens is 1. The van der Waals surface area contributed by atoms with Crippen LogP contribution in [0.5, 0.6) is 5.75 Å². The Morgan fingerprint density at radius 2 is 2.32 bits per heavy atom. The van der Waals surface area contributed by atoms with Crippen LogP contribution in [0.2, 0.25) is 0 Å². The highest BCUT2D eigenvalue weighted by atomic mass is 16.6. The van der Waals surface area contributed by atoms with Gasteiger partial charge in [0.05, 0.1) is 6.61 Å². The van der Waals surface area contributed by atoms with Crippen LogP contribution in [0.1, 0.15) is 5.69 Å². The van der Waals surface area contributed by atoms with Gasteiger partial charge in [-0.15, -0.1) is 0 Å². The molecule has 0 fully saturated rings. The summed E-state index contributed by atoms with van der Waals surface area (Å²) in [5.74, 6) is 3.75. The lowest BCUT2D eigenvalue weighted by Gasteiger charge is -2.16. The molecule has 3 N–H and O–H groups in total. The largest absolute Gasteiger partial charge is 0.470 e. The monoisotopic (exact) mass is 270 g/mol. The molecule has 0 radical (unpaired) electrons. The minimum Gasteiger partial charge on any atom is -0.470 e. The van der Waals surface area contributed by atoms with Gasteiger partial charge in [0, 0.05) is 14.0 Å². The molecule has 9 heteroatoms. The molecule has 0 aliphatic rings. The lowest BCUT2D eigenvalue weighted by molar-refractivity contribution is -0.390. The van der Waals surface area contributed by atoms with Crippen LogP contribution >= 0.6 is 0 Å². The second-order valence-electron chi connectivity index (χ2n) is 3.60. The zero-order valence-electron chi connectivity index (χ0n) is 10.5. The maximum atomic E-state index is 11.4. The molecule has 1 heterocycles. The first-order chi connectivity index (χ1) is 8.99. The van der Waals surface area contributed by atoms with E-state index in [1.165, 1.54) is 19.2 Å². The van der Waals surface area contributed by atoms with Crippen LogP contribution in [0, 0.1) is 17.0 Å². The molecule has 1 unspecified atom stereocenters. The number of nitro groups is 1. The number of carbonyl (C=O) groups is 1. The second kappa shape index (κ2) is 6.61. The molecule has 9 nitrogen and oxygen atoms in total. The zero-order chi connectivity index (χ0) is 14.4. The highest BCUT2D eigenvalue weighted by Crippen LogP contribution is 2.25. The number of nitrogens with two attached hydrogens (primary N) is 1. The maximum absolute atomic E-state index is 11.4. The predicted octanol–water partition coefficient (Wildman–Crippen LogP) is -0.318. The van der Waals surface area contributed by atoms with E-state index in [-0.39, 0.29) is 12.4 Å². The van der Waals surface area contributed by atoms with Crippen molar-refractivity contribution in [1.29, 1.82) is 0 Å². The Balaban J connectivity index is 3.02. The van der Waals surface area contributed by atoms with Crippen molar-refractivity contribution in [2.45, 2.75) is 13.0 Å². The minimum atomic E-state index is -1.10. The molecule has 0 aliphatic heterocycles. The lowest BCUT2D eigenvalue weighted by Crippen LogP contribution is -2.44. The summed E-state index contributed by atoms with van der Waals surface area (Å²) < 4.78 is 10.0. The van der Waals surface area contributed by atoms with Crippen molar-refractivity contribution in [3.8, 4) is 5.75 Å². The molecule has 0 aliphatic carbocycles. The summed E-state index contributed by atoms with van der Waals surface area (Å²) in [7, 11) is 1.36. The number of nitrogens with zero attached hydrogens (tertiary/aromatic N) is 2. The fourth-order valence-corrected chi connectivity index (χ4v) is 1.31. The van der Waals surface area contributed by atoms with E-state index in [1.54, 1.807) is 6.92 Å². The number of hydrogen-bond donors (Lipinski definition) is 2. The number of nitrogens with one attached hydrogen (secondary N) is 1. The van der Waals surface area contributed by atoms with E-state index in [4.69, 9.17) is 15.3 Å². The SMILES string of the molecule is COCC(Oc1ccc(C)nc1[N+](=O)[O-])C(=O)NN. The third kappa shape index (κ3) is 3.86. The Morgan fingerprint density at radius 1 is 1.63 bits per heavy atom. The van der Waals surface area contributed by atoms with Crippen molar-refractivity contribution in [1.82, 2.24) is 10.4 Å². The van der Waals surface area contributed by atoms with Crippen LogP contribution in [0.4, 0.5) is 5.82 Å². The van der Waals surface area contributed by atoms with E-state index in [2.05, 4.69) is 4.98 Å². The summed E-state index contributed by atoms with van der Waals surface area (Å²) in [4.78, 5) is 25.3. The second-order valence-corrected chi connectivity index (χ2v) is 3.60. The minimum absolute atomic E-state index is 0.103. The van der Waals surface area contributed by atoms with Gasteiger partial charge < -0.3 is 19.6 Å². The molecule has 1 aromatic heterocycles. The molecule has 1 rings (SSSR count). The van der Waals surface area contributed by atoms with Crippen LogP contribution < -0.4 is 16.0 Å². The number of rotatable bonds is 6. The molecule has 0 aromatic carbocycles. The number of ether oxygens (including phenoxy) is 2. The molecule has 104 valence electrons. The van der Waals surface area contributed by atoms with Crippen molar-refractivity contribution >= 4 is 11.7 Å². The smallest absolute Gasteiger partial charge is 0.406 e. The van der Waals surface area contributed by atoms with E-state index in [1.807, 2.05) is 5.43 Å². The summed E-state index contributed by atoms with van der Waals surface area (Å²) in [6.07, 6.45) is -1.10. The zero-order valence-corrected chi connectivity index (χ0v) is 10.5. The van der Waals surface area contributed by atoms with Crippen molar-refractivity contribution in [3.63, 3.8) is 0 Å². The number of pyridine rings is 1. The molecule has 1 amide bonds. The first-order valence-electron chi connectivity index (χ1n) is 5.27. The van der Waals surface area contributed by atoms with Crippen LogP contribution in [-0.2, 0) is 9.53 Å². The van der Waals surface area contributed by atoms with E-state index >= 15 is 0 Å². The molecular formula is C10H14N4O5. The Bertz CT molecular complexity index is 479. The maximum Gasteiger partial charge on any atom is 0.406 e. The van der Waals surface area contributed by atoms with Gasteiger partial charge in [0.15, 0.2) is 0 Å². The highest BCUT2D eigenvalue weighted by molar-refractivity contribution is 5.80. The Kier molecular flexibility index (Phi) is 5.15. The summed E-state index contributed by atoms with van der Waals surface area (Å²) in [5, 5.41) is 10.9. The van der Waals surface area contributed by atoms with E-state index < -0.39 is 22.8 Å². The van der Waals surface area contributed by atoms with Gasteiger partial charge in [0.2, 0.25) is 11.9 Å². The van der Waals surface area contributed by atoms with E-state index in [9.17, 15) is 14.9 Å². The van der Waals surface area contributed by atoms with Crippen molar-refractivity contribution in [2.24, 2.45) is 5.84 Å². The van der Waals surface area contributed by atoms with Gasteiger partial charge in [-0.1, -0.05) is 0 Å². The van der Waals surface area contributed by atoms with Crippen LogP contribution in [0.3, 0.4) is 0 Å². The van der Waals surface area contributed by atoms with Gasteiger partial charge in [0.25, 0.3) is 5.91 Å². The number of amides is 1. The van der Waals surface area contributed by atoms with Crippen molar-refractivity contribution in [2.75, 3.05) is 13.7 Å². The summed E-state index contributed by atoms with van der Waals surface area (Å²) >= 11 is 0. The van der Waals surface area contributed by atoms with Gasteiger partial charge in [0.1, 0.15) is 5.69 Å². The Labute approximate surface area is 108 Å². The average Bonchev–Trinajstić information content (AvgIpc) is 2.38. The molecule has 0 spiro atoms. The summed E-state index contributed by atoms with van der Waals surface area (Å²) in [5.41, 5.74) is 2.36. The molecule has 0 saturated carbocycles. The summed E-state index contributed by atoms with van der Waals surface area (Å²) in [6.45, 7) is 1.50. The van der Waals surface area contributed by atoms with Gasteiger partial charge in [-0.25, -0.2) is 5.84 Å². The normalized spacial score (nSPS) is 11.7. The third-order valence-electron chi connectivity index (χ3n) is 2.17. The quantitative estimate of drug-likeness (QED) is 0.313. The van der Waals surface area contributed by atoms with Crippen LogP contribution in [-0.4, -0.2) is 35.6 Å². The number of hydrazine groups is 1. The average molecular weight is 270 g/mol. The Morgan fingerprint density at radius 3 is 2.84 bits per heavy atom. The molecule has 0 bridgehead atoms. The topological polar surface area (TPSA) is 130 Å².